The SMILES string of the molecule is N#Cc1c(CSc2ccc(F)c(F)c2)cn2ccccc12. The fourth-order valence-electron chi connectivity index (χ4n) is 2.14. The molecule has 3 rings (SSSR count). The molecule has 2 aromatic heterocycles. The maximum atomic E-state index is 13.2. The second-order valence-electron chi connectivity index (χ2n) is 4.50. The molecule has 1 aromatic carbocycles. The van der Waals surface area contributed by atoms with E-state index in [1.54, 1.807) is 0 Å². The number of hydrogen-bond donors (Lipinski definition) is 0. The molecule has 0 amide bonds. The Bertz CT molecular complexity index is 849. The van der Waals surface area contributed by atoms with E-state index in [0.717, 1.165) is 17.1 Å². The number of nitriles is 1. The van der Waals surface area contributed by atoms with Gasteiger partial charge in [-0.25, -0.2) is 8.78 Å². The summed E-state index contributed by atoms with van der Waals surface area (Å²) in [6.07, 6.45) is 3.77. The standard InChI is InChI=1S/C16H10F2N2S/c17-14-5-4-12(7-15(14)18)21-10-11-9-20-6-2-1-3-16(20)13(11)8-19/h1-7,9H,10H2. The first kappa shape index (κ1) is 13.7. The summed E-state index contributed by atoms with van der Waals surface area (Å²) in [4.78, 5) is 0.632. The minimum Gasteiger partial charge on any atom is -0.322 e. The first-order valence-electron chi connectivity index (χ1n) is 6.25. The molecule has 0 aliphatic carbocycles. The van der Waals surface area contributed by atoms with Crippen LogP contribution in [-0.2, 0) is 5.75 Å². The highest BCUT2D eigenvalue weighted by Crippen LogP contribution is 2.28. The zero-order valence-corrected chi connectivity index (χ0v) is 11.7. The van der Waals surface area contributed by atoms with E-state index in [1.807, 2.05) is 35.0 Å². The lowest BCUT2D eigenvalue weighted by atomic mass is 10.2. The molecule has 0 saturated heterocycles. The molecule has 3 aromatic rings. The van der Waals surface area contributed by atoms with Crippen molar-refractivity contribution in [3.8, 4) is 6.07 Å². The van der Waals surface area contributed by atoms with Crippen molar-refractivity contribution in [1.29, 1.82) is 5.26 Å². The Morgan fingerprint density at radius 2 is 2.00 bits per heavy atom. The molecular weight excluding hydrogens is 290 g/mol. The highest BCUT2D eigenvalue weighted by molar-refractivity contribution is 7.98. The lowest BCUT2D eigenvalue weighted by Crippen LogP contribution is -1.85. The van der Waals surface area contributed by atoms with Gasteiger partial charge < -0.3 is 4.40 Å². The zero-order chi connectivity index (χ0) is 14.8. The molecule has 0 spiro atoms. The number of fused-ring (bicyclic) bond motifs is 1. The van der Waals surface area contributed by atoms with E-state index >= 15 is 0 Å². The summed E-state index contributed by atoms with van der Waals surface area (Å²) < 4.78 is 28.0. The van der Waals surface area contributed by atoms with Gasteiger partial charge in [0, 0.05) is 23.0 Å². The fraction of sp³-hybridized carbons (Fsp3) is 0.0625. The van der Waals surface area contributed by atoms with Crippen LogP contribution in [0.5, 0.6) is 0 Å². The van der Waals surface area contributed by atoms with Crippen molar-refractivity contribution in [3.05, 3.63) is 71.6 Å². The third kappa shape index (κ3) is 2.63. The first-order valence-corrected chi connectivity index (χ1v) is 7.24. The maximum Gasteiger partial charge on any atom is 0.159 e. The van der Waals surface area contributed by atoms with Gasteiger partial charge in [0.2, 0.25) is 0 Å². The van der Waals surface area contributed by atoms with Gasteiger partial charge in [0.15, 0.2) is 11.6 Å². The van der Waals surface area contributed by atoms with Crippen molar-refractivity contribution in [2.24, 2.45) is 0 Å². The average molecular weight is 300 g/mol. The van der Waals surface area contributed by atoms with Gasteiger partial charge in [-0.15, -0.1) is 11.8 Å². The monoisotopic (exact) mass is 300 g/mol. The van der Waals surface area contributed by atoms with Gasteiger partial charge >= 0.3 is 0 Å². The fourth-order valence-corrected chi connectivity index (χ4v) is 3.04. The first-order chi connectivity index (χ1) is 10.2. The van der Waals surface area contributed by atoms with Crippen molar-refractivity contribution in [3.63, 3.8) is 0 Å². The summed E-state index contributed by atoms with van der Waals surface area (Å²) >= 11 is 1.37. The molecule has 0 aliphatic rings. The molecule has 0 unspecified atom stereocenters. The van der Waals surface area contributed by atoms with Crippen LogP contribution in [0.1, 0.15) is 11.1 Å². The summed E-state index contributed by atoms with van der Waals surface area (Å²) in [5.74, 6) is -1.19. The van der Waals surface area contributed by atoms with Crippen LogP contribution in [0.3, 0.4) is 0 Å². The van der Waals surface area contributed by atoms with Crippen LogP contribution in [0.15, 0.2) is 53.7 Å². The lowest BCUT2D eigenvalue weighted by Gasteiger charge is -2.01. The number of pyridine rings is 1. The molecule has 0 N–H and O–H groups in total. The Kier molecular flexibility index (Phi) is 3.63. The second kappa shape index (κ2) is 5.58. The smallest absolute Gasteiger partial charge is 0.159 e. The van der Waals surface area contributed by atoms with E-state index in [9.17, 15) is 14.0 Å². The molecule has 0 bridgehead atoms. The largest absolute Gasteiger partial charge is 0.322 e. The Morgan fingerprint density at radius 3 is 2.76 bits per heavy atom. The zero-order valence-electron chi connectivity index (χ0n) is 10.9. The molecule has 2 heterocycles. The number of nitrogens with zero attached hydrogens (tertiary/aromatic N) is 2. The molecule has 0 saturated carbocycles. The maximum absolute atomic E-state index is 13.2. The average Bonchev–Trinajstić information content (AvgIpc) is 2.86. The molecular formula is C16H10F2N2S. The predicted octanol–water partition coefficient (Wildman–Crippen LogP) is 4.38. The molecule has 0 aliphatic heterocycles. The topological polar surface area (TPSA) is 28.2 Å². The quantitative estimate of drug-likeness (QED) is 0.671. The van der Waals surface area contributed by atoms with Crippen LogP contribution in [0.25, 0.3) is 5.52 Å². The van der Waals surface area contributed by atoms with Gasteiger partial charge in [0.1, 0.15) is 6.07 Å². The van der Waals surface area contributed by atoms with E-state index in [2.05, 4.69) is 6.07 Å². The third-order valence-corrected chi connectivity index (χ3v) is 4.20. The van der Waals surface area contributed by atoms with Gasteiger partial charge in [0.05, 0.1) is 11.1 Å². The van der Waals surface area contributed by atoms with E-state index in [4.69, 9.17) is 0 Å². The Hall–Kier alpha value is -2.32. The number of aromatic nitrogens is 1. The Balaban J connectivity index is 1.88. The summed E-state index contributed by atoms with van der Waals surface area (Å²) in [6, 6.07) is 11.7. The van der Waals surface area contributed by atoms with Crippen LogP contribution in [0.4, 0.5) is 8.78 Å². The molecule has 21 heavy (non-hydrogen) atoms. The van der Waals surface area contributed by atoms with Crippen LogP contribution < -0.4 is 0 Å². The lowest BCUT2D eigenvalue weighted by molar-refractivity contribution is 0.506. The summed E-state index contributed by atoms with van der Waals surface area (Å²) in [6.45, 7) is 0. The van der Waals surface area contributed by atoms with Crippen molar-refractivity contribution in [1.82, 2.24) is 4.40 Å². The molecule has 5 heteroatoms. The van der Waals surface area contributed by atoms with Crippen molar-refractivity contribution < 1.29 is 8.78 Å². The normalized spacial score (nSPS) is 10.7. The predicted molar refractivity (Wildman–Crippen MR) is 78.0 cm³/mol. The van der Waals surface area contributed by atoms with Gasteiger partial charge in [-0.3, -0.25) is 0 Å². The minimum absolute atomic E-state index is 0.523. The van der Waals surface area contributed by atoms with E-state index in [1.165, 1.54) is 23.9 Å². The van der Waals surface area contributed by atoms with Gasteiger partial charge in [-0.2, -0.15) is 5.26 Å². The van der Waals surface area contributed by atoms with Gasteiger partial charge in [0.25, 0.3) is 0 Å². The van der Waals surface area contributed by atoms with Gasteiger partial charge in [-0.1, -0.05) is 6.07 Å². The van der Waals surface area contributed by atoms with Crippen LogP contribution in [-0.4, -0.2) is 4.40 Å². The molecule has 0 radical (unpaired) electrons. The van der Waals surface area contributed by atoms with Crippen LogP contribution in [0, 0.1) is 23.0 Å². The van der Waals surface area contributed by atoms with Crippen molar-refractivity contribution in [2.45, 2.75) is 10.6 Å². The highest BCUT2D eigenvalue weighted by Gasteiger charge is 2.11. The van der Waals surface area contributed by atoms with E-state index in [0.29, 0.717) is 16.2 Å². The van der Waals surface area contributed by atoms with E-state index < -0.39 is 11.6 Å². The van der Waals surface area contributed by atoms with Crippen molar-refractivity contribution in [2.75, 3.05) is 0 Å². The molecule has 0 atom stereocenters. The van der Waals surface area contributed by atoms with E-state index in [-0.39, 0.29) is 0 Å². The second-order valence-corrected chi connectivity index (χ2v) is 5.55. The number of thioether (sulfide) groups is 1. The number of benzene rings is 1. The van der Waals surface area contributed by atoms with Crippen molar-refractivity contribution >= 4 is 17.3 Å². The van der Waals surface area contributed by atoms with Crippen LogP contribution in [0.2, 0.25) is 0 Å². The minimum atomic E-state index is -0.859. The van der Waals surface area contributed by atoms with Crippen LogP contribution >= 0.6 is 11.8 Å². The molecule has 2 nitrogen and oxygen atoms in total. The molecule has 0 fully saturated rings. The third-order valence-electron chi connectivity index (χ3n) is 3.16. The number of hydrogen-bond acceptors (Lipinski definition) is 2. The Labute approximate surface area is 124 Å². The number of rotatable bonds is 3. The Morgan fingerprint density at radius 1 is 1.14 bits per heavy atom. The number of halogens is 2. The summed E-state index contributed by atoms with van der Waals surface area (Å²) in [5.41, 5.74) is 2.34. The summed E-state index contributed by atoms with van der Waals surface area (Å²) in [7, 11) is 0. The molecule has 104 valence electrons. The highest BCUT2D eigenvalue weighted by atomic mass is 32.2. The summed E-state index contributed by atoms with van der Waals surface area (Å²) in [5, 5.41) is 9.30. The van der Waals surface area contributed by atoms with Gasteiger partial charge in [-0.05, 0) is 35.9 Å².